The second-order valence-electron chi connectivity index (χ2n) is 3.33. The first kappa shape index (κ1) is 12.2. The second kappa shape index (κ2) is 5.35. The Morgan fingerprint density at radius 1 is 1.38 bits per heavy atom. The maximum atomic E-state index is 4.22. The van der Waals surface area contributed by atoms with E-state index in [4.69, 9.17) is 0 Å². The lowest BCUT2D eigenvalue weighted by Crippen LogP contribution is -2.17. The predicted molar refractivity (Wildman–Crippen MR) is 73.0 cm³/mol. The maximum Gasteiger partial charge on any atom is 0.157 e. The van der Waals surface area contributed by atoms with Gasteiger partial charge in [0.15, 0.2) is 5.01 Å². The molecule has 3 nitrogen and oxygen atoms in total. The summed E-state index contributed by atoms with van der Waals surface area (Å²) in [5.41, 5.74) is 0. The first-order valence-electron chi connectivity index (χ1n) is 5.03. The average molecular weight is 318 g/mol. The van der Waals surface area contributed by atoms with Crippen LogP contribution in [0.3, 0.4) is 0 Å². The van der Waals surface area contributed by atoms with Gasteiger partial charge in [0.1, 0.15) is 5.01 Å². The van der Waals surface area contributed by atoms with E-state index in [0.29, 0.717) is 0 Å². The highest BCUT2D eigenvalue weighted by molar-refractivity contribution is 9.11. The van der Waals surface area contributed by atoms with Crippen LogP contribution in [0.25, 0.3) is 9.88 Å². The van der Waals surface area contributed by atoms with Gasteiger partial charge in [-0.05, 0) is 41.5 Å². The van der Waals surface area contributed by atoms with Gasteiger partial charge in [0, 0.05) is 0 Å². The summed E-state index contributed by atoms with van der Waals surface area (Å²) < 4.78 is 1.12. The highest BCUT2D eigenvalue weighted by Crippen LogP contribution is 2.34. The molecule has 0 fully saturated rings. The van der Waals surface area contributed by atoms with Gasteiger partial charge >= 0.3 is 0 Å². The molecule has 1 atom stereocenters. The van der Waals surface area contributed by atoms with Crippen molar-refractivity contribution in [2.45, 2.75) is 19.9 Å². The quantitative estimate of drug-likeness (QED) is 0.934. The third-order valence-corrected chi connectivity index (χ3v) is 5.00. The van der Waals surface area contributed by atoms with E-state index in [-0.39, 0.29) is 6.04 Å². The molecule has 1 unspecified atom stereocenters. The molecule has 2 heterocycles. The SMILES string of the molecule is CCNC(C)c1nnc(-c2ccc(Br)s2)s1. The van der Waals surface area contributed by atoms with E-state index in [9.17, 15) is 0 Å². The van der Waals surface area contributed by atoms with Crippen LogP contribution in [-0.4, -0.2) is 16.7 Å². The first-order valence-corrected chi connectivity index (χ1v) is 7.45. The summed E-state index contributed by atoms with van der Waals surface area (Å²) in [5, 5.41) is 13.8. The zero-order valence-corrected chi connectivity index (χ0v) is 12.2. The normalized spacial score (nSPS) is 12.9. The van der Waals surface area contributed by atoms with Gasteiger partial charge in [-0.2, -0.15) is 0 Å². The Morgan fingerprint density at radius 2 is 2.19 bits per heavy atom. The Bertz CT molecular complexity index is 466. The molecule has 16 heavy (non-hydrogen) atoms. The van der Waals surface area contributed by atoms with Crippen LogP contribution in [-0.2, 0) is 0 Å². The lowest BCUT2D eigenvalue weighted by atomic mass is 10.3. The fourth-order valence-electron chi connectivity index (χ4n) is 1.33. The first-order chi connectivity index (χ1) is 7.70. The fourth-order valence-corrected chi connectivity index (χ4v) is 3.64. The van der Waals surface area contributed by atoms with Crippen molar-refractivity contribution in [2.75, 3.05) is 6.54 Å². The Labute approximate surface area is 111 Å². The molecule has 0 saturated heterocycles. The van der Waals surface area contributed by atoms with E-state index >= 15 is 0 Å². The number of rotatable bonds is 4. The van der Waals surface area contributed by atoms with Gasteiger partial charge in [-0.25, -0.2) is 0 Å². The molecule has 1 N–H and O–H groups in total. The lowest BCUT2D eigenvalue weighted by molar-refractivity contribution is 0.590. The summed E-state index contributed by atoms with van der Waals surface area (Å²) in [7, 11) is 0. The molecule has 0 aliphatic heterocycles. The summed E-state index contributed by atoms with van der Waals surface area (Å²) in [6.45, 7) is 5.15. The molecule has 2 aromatic rings. The zero-order chi connectivity index (χ0) is 11.5. The van der Waals surface area contributed by atoms with Crippen LogP contribution in [0.1, 0.15) is 24.9 Å². The summed E-state index contributed by atoms with van der Waals surface area (Å²) in [5.74, 6) is 0. The summed E-state index contributed by atoms with van der Waals surface area (Å²) in [6.07, 6.45) is 0. The molecule has 0 bridgehead atoms. The molecular formula is C10H12BrN3S2. The molecule has 6 heteroatoms. The van der Waals surface area contributed by atoms with E-state index < -0.39 is 0 Å². The minimum absolute atomic E-state index is 0.277. The van der Waals surface area contributed by atoms with Crippen LogP contribution in [0.4, 0.5) is 0 Å². The van der Waals surface area contributed by atoms with Crippen molar-refractivity contribution >= 4 is 38.6 Å². The summed E-state index contributed by atoms with van der Waals surface area (Å²) in [4.78, 5) is 1.17. The van der Waals surface area contributed by atoms with Crippen molar-refractivity contribution in [3.05, 3.63) is 20.9 Å². The Balaban J connectivity index is 2.19. The van der Waals surface area contributed by atoms with Crippen LogP contribution >= 0.6 is 38.6 Å². The van der Waals surface area contributed by atoms with Crippen LogP contribution in [0.5, 0.6) is 0 Å². The van der Waals surface area contributed by atoms with E-state index in [0.717, 1.165) is 20.3 Å². The third-order valence-electron chi connectivity index (χ3n) is 2.11. The highest BCUT2D eigenvalue weighted by Gasteiger charge is 2.12. The molecular weight excluding hydrogens is 306 g/mol. The predicted octanol–water partition coefficient (Wildman–Crippen LogP) is 3.70. The Morgan fingerprint density at radius 3 is 2.81 bits per heavy atom. The number of halogens is 1. The van der Waals surface area contributed by atoms with Crippen LogP contribution < -0.4 is 5.32 Å². The molecule has 2 aromatic heterocycles. The van der Waals surface area contributed by atoms with E-state index in [2.05, 4.69) is 51.4 Å². The van der Waals surface area contributed by atoms with E-state index in [1.165, 1.54) is 4.88 Å². The minimum atomic E-state index is 0.277. The number of hydrogen-bond acceptors (Lipinski definition) is 5. The minimum Gasteiger partial charge on any atom is -0.308 e. The molecule has 0 aromatic carbocycles. The number of hydrogen-bond donors (Lipinski definition) is 1. The van der Waals surface area contributed by atoms with E-state index in [1.807, 2.05) is 6.07 Å². The zero-order valence-electron chi connectivity index (χ0n) is 9.03. The Kier molecular flexibility index (Phi) is 4.07. The number of thiophene rings is 1. The topological polar surface area (TPSA) is 37.8 Å². The molecule has 0 amide bonds. The monoisotopic (exact) mass is 317 g/mol. The van der Waals surface area contributed by atoms with Gasteiger partial charge in [0.25, 0.3) is 0 Å². The molecule has 2 rings (SSSR count). The molecule has 0 aliphatic carbocycles. The highest BCUT2D eigenvalue weighted by atomic mass is 79.9. The molecule has 0 spiro atoms. The third kappa shape index (κ3) is 2.68. The van der Waals surface area contributed by atoms with Crippen molar-refractivity contribution in [3.63, 3.8) is 0 Å². The van der Waals surface area contributed by atoms with E-state index in [1.54, 1.807) is 22.7 Å². The average Bonchev–Trinajstić information content (AvgIpc) is 2.85. The lowest BCUT2D eigenvalue weighted by Gasteiger charge is -2.06. The Hall–Kier alpha value is -0.300. The van der Waals surface area contributed by atoms with Crippen molar-refractivity contribution in [1.82, 2.24) is 15.5 Å². The number of nitrogens with one attached hydrogen (secondary N) is 1. The molecule has 86 valence electrons. The van der Waals surface area contributed by atoms with Gasteiger partial charge in [0.2, 0.25) is 0 Å². The smallest absolute Gasteiger partial charge is 0.157 e. The van der Waals surface area contributed by atoms with Gasteiger partial charge in [-0.15, -0.1) is 21.5 Å². The van der Waals surface area contributed by atoms with Crippen molar-refractivity contribution in [1.29, 1.82) is 0 Å². The van der Waals surface area contributed by atoms with Gasteiger partial charge in [-0.3, -0.25) is 0 Å². The summed E-state index contributed by atoms with van der Waals surface area (Å²) in [6, 6.07) is 4.38. The number of nitrogens with zero attached hydrogens (tertiary/aromatic N) is 2. The van der Waals surface area contributed by atoms with Crippen molar-refractivity contribution in [3.8, 4) is 9.88 Å². The van der Waals surface area contributed by atoms with Crippen molar-refractivity contribution < 1.29 is 0 Å². The van der Waals surface area contributed by atoms with Crippen LogP contribution in [0.2, 0.25) is 0 Å². The van der Waals surface area contributed by atoms with Crippen molar-refractivity contribution in [2.24, 2.45) is 0 Å². The largest absolute Gasteiger partial charge is 0.308 e. The molecule has 0 radical (unpaired) electrons. The fraction of sp³-hybridized carbons (Fsp3) is 0.400. The van der Waals surface area contributed by atoms with Crippen LogP contribution in [0.15, 0.2) is 15.9 Å². The van der Waals surface area contributed by atoms with Crippen LogP contribution in [0, 0.1) is 0 Å². The maximum absolute atomic E-state index is 4.22. The number of aromatic nitrogens is 2. The summed E-state index contributed by atoms with van der Waals surface area (Å²) >= 11 is 6.79. The molecule has 0 saturated carbocycles. The second-order valence-corrected chi connectivity index (χ2v) is 6.80. The van der Waals surface area contributed by atoms with Gasteiger partial charge in [0.05, 0.1) is 14.7 Å². The van der Waals surface area contributed by atoms with Gasteiger partial charge in [-0.1, -0.05) is 18.3 Å². The van der Waals surface area contributed by atoms with Gasteiger partial charge < -0.3 is 5.32 Å². The molecule has 0 aliphatic rings. The standard InChI is InChI=1S/C10H12BrN3S2/c1-3-12-6(2)9-13-14-10(16-9)7-4-5-8(11)15-7/h4-6,12H,3H2,1-2H3.